The van der Waals surface area contributed by atoms with Gasteiger partial charge in [0.15, 0.2) is 18.9 Å². The Morgan fingerprint density at radius 1 is 0.452 bits per heavy atom. The Kier molecular flexibility index (Phi) is 7.91. The average Bonchev–Trinajstić information content (AvgIpc) is 2.72. The maximum atomic E-state index is 10.6. The van der Waals surface area contributed by atoms with E-state index in [0.29, 0.717) is 0 Å². The highest BCUT2D eigenvalue weighted by Gasteiger charge is 2.51. The van der Waals surface area contributed by atoms with Crippen molar-refractivity contribution in [3.8, 4) is 0 Å². The van der Waals surface area contributed by atoms with Crippen LogP contribution in [-0.4, -0.2) is 133 Å². The predicted molar refractivity (Wildman–Crippen MR) is 97.0 cm³/mol. The fourth-order valence-electron chi connectivity index (χ4n) is 3.95. The Balaban J connectivity index is 1.65. The number of aliphatic hydroxyl groups is 8. The maximum Gasteiger partial charge on any atom is 0.187 e. The van der Waals surface area contributed by atoms with E-state index in [9.17, 15) is 40.9 Å². The van der Waals surface area contributed by atoms with Crippen molar-refractivity contribution in [1.82, 2.24) is 0 Å². The average molecular weight is 456 g/mol. The Hall–Kier alpha value is -0.520. The van der Waals surface area contributed by atoms with Crippen LogP contribution in [0.4, 0.5) is 0 Å². The van der Waals surface area contributed by atoms with Gasteiger partial charge in [-0.2, -0.15) is 0 Å². The lowest BCUT2D eigenvalue weighted by atomic mass is 9.96. The van der Waals surface area contributed by atoms with Gasteiger partial charge in [0, 0.05) is 0 Å². The summed E-state index contributed by atoms with van der Waals surface area (Å²) < 4.78 is 27.1. The Bertz CT molecular complexity index is 595. The van der Waals surface area contributed by atoms with Crippen LogP contribution in [0.5, 0.6) is 0 Å². The molecule has 0 radical (unpaired) electrons. The Labute approximate surface area is 178 Å². The summed E-state index contributed by atoms with van der Waals surface area (Å²) in [5.41, 5.74) is 0. The molecule has 3 aliphatic heterocycles. The van der Waals surface area contributed by atoms with Crippen LogP contribution in [0.15, 0.2) is 0 Å². The molecule has 3 heterocycles. The fourth-order valence-corrected chi connectivity index (χ4v) is 3.95. The maximum absolute atomic E-state index is 10.6. The third kappa shape index (κ3) is 4.89. The van der Waals surface area contributed by atoms with Gasteiger partial charge < -0.3 is 64.5 Å². The fraction of sp³-hybridized carbons (Fsp3) is 1.00. The molecular weight excluding hydrogens is 424 g/mol. The van der Waals surface area contributed by atoms with Crippen molar-refractivity contribution in [3.63, 3.8) is 0 Å². The second kappa shape index (κ2) is 9.77. The van der Waals surface area contributed by atoms with Crippen molar-refractivity contribution in [3.05, 3.63) is 0 Å². The van der Waals surface area contributed by atoms with Gasteiger partial charge >= 0.3 is 0 Å². The summed E-state index contributed by atoms with van der Waals surface area (Å²) in [6.45, 7) is 4.44. The van der Waals surface area contributed by atoms with Crippen LogP contribution in [0.25, 0.3) is 0 Å². The van der Waals surface area contributed by atoms with E-state index in [1.807, 2.05) is 0 Å². The van der Waals surface area contributed by atoms with Gasteiger partial charge in [-0.15, -0.1) is 0 Å². The molecule has 0 bridgehead atoms. The zero-order valence-corrected chi connectivity index (χ0v) is 17.3. The van der Waals surface area contributed by atoms with Crippen molar-refractivity contribution in [2.24, 2.45) is 0 Å². The number of hydrogen-bond acceptors (Lipinski definition) is 13. The van der Waals surface area contributed by atoms with E-state index in [1.54, 1.807) is 0 Å². The minimum atomic E-state index is -1.67. The molecular formula is C18H32O13. The van der Waals surface area contributed by atoms with Crippen molar-refractivity contribution >= 4 is 0 Å². The first-order valence-corrected chi connectivity index (χ1v) is 10.2. The molecule has 0 aromatic heterocycles. The zero-order chi connectivity index (χ0) is 23.2. The smallest absolute Gasteiger partial charge is 0.187 e. The predicted octanol–water partition coefficient (Wildman–Crippen LogP) is -4.49. The lowest BCUT2D eigenvalue weighted by molar-refractivity contribution is -0.370. The van der Waals surface area contributed by atoms with Gasteiger partial charge in [0.2, 0.25) is 0 Å². The quantitative estimate of drug-likeness (QED) is 0.201. The summed E-state index contributed by atoms with van der Waals surface area (Å²) >= 11 is 0. The molecule has 15 atom stereocenters. The third-order valence-corrected chi connectivity index (χ3v) is 5.96. The summed E-state index contributed by atoms with van der Waals surface area (Å²) in [5, 5.41) is 80.4. The summed E-state index contributed by atoms with van der Waals surface area (Å²) in [5.74, 6) is 0. The van der Waals surface area contributed by atoms with Gasteiger partial charge in [-0.05, 0) is 20.8 Å². The Morgan fingerprint density at radius 2 is 0.871 bits per heavy atom. The molecule has 3 aliphatic rings. The van der Waals surface area contributed by atoms with Crippen LogP contribution in [0.1, 0.15) is 20.8 Å². The van der Waals surface area contributed by atoms with E-state index in [2.05, 4.69) is 0 Å². The molecule has 13 heteroatoms. The molecule has 0 aromatic carbocycles. The molecule has 13 nitrogen and oxygen atoms in total. The number of rotatable bonds is 4. The molecule has 0 saturated carbocycles. The zero-order valence-electron chi connectivity index (χ0n) is 17.3. The monoisotopic (exact) mass is 456 g/mol. The normalized spacial score (nSPS) is 56.4. The first-order chi connectivity index (χ1) is 14.4. The van der Waals surface area contributed by atoms with Crippen LogP contribution in [-0.2, 0) is 23.7 Å². The van der Waals surface area contributed by atoms with Crippen LogP contribution in [0.2, 0.25) is 0 Å². The van der Waals surface area contributed by atoms with Crippen LogP contribution in [0.3, 0.4) is 0 Å². The molecule has 0 aromatic rings. The highest BCUT2D eigenvalue weighted by atomic mass is 16.7. The van der Waals surface area contributed by atoms with Crippen molar-refractivity contribution in [1.29, 1.82) is 0 Å². The van der Waals surface area contributed by atoms with E-state index in [-0.39, 0.29) is 0 Å². The third-order valence-electron chi connectivity index (χ3n) is 5.96. The second-order valence-corrected chi connectivity index (χ2v) is 8.29. The lowest BCUT2D eigenvalue weighted by Gasteiger charge is -2.47. The molecule has 3 fully saturated rings. The molecule has 0 aliphatic carbocycles. The van der Waals surface area contributed by atoms with Crippen molar-refractivity contribution in [2.75, 3.05) is 0 Å². The largest absolute Gasteiger partial charge is 0.388 e. The molecule has 0 spiro atoms. The number of ether oxygens (including phenoxy) is 5. The molecule has 3 saturated heterocycles. The minimum absolute atomic E-state index is 0.864. The molecule has 0 amide bonds. The number of hydrogen-bond donors (Lipinski definition) is 8. The summed E-state index contributed by atoms with van der Waals surface area (Å²) in [4.78, 5) is 0. The minimum Gasteiger partial charge on any atom is -0.388 e. The van der Waals surface area contributed by atoms with E-state index in [1.165, 1.54) is 20.8 Å². The first-order valence-electron chi connectivity index (χ1n) is 10.2. The second-order valence-electron chi connectivity index (χ2n) is 8.29. The standard InChI is InChI=1S/C18H32O13/c1-4-7(19)8(20)12(24)17(28-4)31-15-6(3)29-18(13(25)10(15)22)30-14-5(2)27-16(26)11(23)9(14)21/h4-26H,1-3H3/t4-,5-,6-,7-,8+,9-,10-,11+,12+,13+,14-,15-,16+,17-,18-/m1/s1. The molecule has 31 heavy (non-hydrogen) atoms. The lowest BCUT2D eigenvalue weighted by Crippen LogP contribution is -2.65. The van der Waals surface area contributed by atoms with E-state index >= 15 is 0 Å². The van der Waals surface area contributed by atoms with Crippen LogP contribution < -0.4 is 0 Å². The first kappa shape index (κ1) is 25.1. The van der Waals surface area contributed by atoms with Crippen molar-refractivity contribution < 1.29 is 64.5 Å². The van der Waals surface area contributed by atoms with Gasteiger partial charge in [-0.1, -0.05) is 0 Å². The highest BCUT2D eigenvalue weighted by molar-refractivity contribution is 4.94. The summed E-state index contributed by atoms with van der Waals surface area (Å²) in [6, 6.07) is 0. The molecule has 3 rings (SSSR count). The van der Waals surface area contributed by atoms with E-state index in [4.69, 9.17) is 23.7 Å². The number of aliphatic hydroxyl groups excluding tert-OH is 8. The van der Waals surface area contributed by atoms with Gasteiger partial charge in [0.25, 0.3) is 0 Å². The van der Waals surface area contributed by atoms with Gasteiger partial charge in [-0.25, -0.2) is 0 Å². The van der Waals surface area contributed by atoms with Crippen molar-refractivity contribution in [2.45, 2.75) is 113 Å². The summed E-state index contributed by atoms with van der Waals surface area (Å²) in [7, 11) is 0. The molecule has 182 valence electrons. The van der Waals surface area contributed by atoms with E-state index in [0.717, 1.165) is 0 Å². The Morgan fingerprint density at radius 3 is 1.42 bits per heavy atom. The SMILES string of the molecule is C[C@H]1O[C@H](O[C@H]2[C@H](O)[C@H](O)[C@@H](O[C@H]3[C@H](O)[C@H](O)[C@@H](O)O[C@@H]3C)O[C@@H]2C)[C@@H](O)[C@@H](O)[C@@H]1O. The van der Waals surface area contributed by atoms with Crippen LogP contribution >= 0.6 is 0 Å². The van der Waals surface area contributed by atoms with Crippen LogP contribution in [0, 0.1) is 0 Å². The summed E-state index contributed by atoms with van der Waals surface area (Å²) in [6.07, 6.45) is -20.4. The topological polar surface area (TPSA) is 208 Å². The van der Waals surface area contributed by atoms with Gasteiger partial charge in [0.1, 0.15) is 54.9 Å². The van der Waals surface area contributed by atoms with Gasteiger partial charge in [0.05, 0.1) is 18.3 Å². The van der Waals surface area contributed by atoms with E-state index < -0.39 is 92.1 Å². The molecule has 0 unspecified atom stereocenters. The molecule has 8 N–H and O–H groups in total. The van der Waals surface area contributed by atoms with Gasteiger partial charge in [-0.3, -0.25) is 0 Å². The highest BCUT2D eigenvalue weighted by Crippen LogP contribution is 2.31.